The number of aryl methyl sites for hydroxylation is 1. The van der Waals surface area contributed by atoms with Gasteiger partial charge in [-0.25, -0.2) is 8.42 Å². The van der Waals surface area contributed by atoms with Crippen LogP contribution in [0.5, 0.6) is 0 Å². The lowest BCUT2D eigenvalue weighted by Crippen LogP contribution is -2.21. The molecule has 0 atom stereocenters. The van der Waals surface area contributed by atoms with Gasteiger partial charge in [0.25, 0.3) is 0 Å². The van der Waals surface area contributed by atoms with Gasteiger partial charge >= 0.3 is 0 Å². The minimum Gasteiger partial charge on any atom is -0.313 e. The molecule has 3 rings (SSSR count). The lowest BCUT2D eigenvalue weighted by atomic mass is 10.1. The summed E-state index contributed by atoms with van der Waals surface area (Å²) in [6.07, 6.45) is 1.34. The number of fused-ring (bicyclic) bond motifs is 1. The number of sulfone groups is 1. The third kappa shape index (κ3) is 2.17. The van der Waals surface area contributed by atoms with Gasteiger partial charge in [0.2, 0.25) is 9.84 Å². The van der Waals surface area contributed by atoms with Crippen molar-refractivity contribution in [3.63, 3.8) is 0 Å². The van der Waals surface area contributed by atoms with E-state index in [1.54, 1.807) is 41.3 Å². The molecule has 0 N–H and O–H groups in total. The fourth-order valence-electron chi connectivity index (χ4n) is 2.39. The summed E-state index contributed by atoms with van der Waals surface area (Å²) in [5.74, 6) is 0. The van der Waals surface area contributed by atoms with Crippen molar-refractivity contribution in [2.45, 2.75) is 11.8 Å². The number of nitriles is 1. The lowest BCUT2D eigenvalue weighted by molar-refractivity contribution is 0.602. The first kappa shape index (κ1) is 14.6. The van der Waals surface area contributed by atoms with Gasteiger partial charge in [-0.3, -0.25) is 0 Å². The van der Waals surface area contributed by atoms with Crippen LogP contribution in [0, 0.1) is 18.3 Å². The minimum atomic E-state index is -3.77. The summed E-state index contributed by atoms with van der Waals surface area (Å²) in [4.78, 5) is 1.52. The van der Waals surface area contributed by atoms with Gasteiger partial charge in [-0.05, 0) is 36.8 Å². The Hall–Kier alpha value is -2.29. The molecule has 0 aliphatic carbocycles. The monoisotopic (exact) mass is 330 g/mol. The number of hydrogen-bond donors (Lipinski definition) is 0. The Bertz CT molecular complexity index is 943. The van der Waals surface area contributed by atoms with Crippen LogP contribution in [0.15, 0.2) is 58.5 Å². The van der Waals surface area contributed by atoms with Crippen molar-refractivity contribution in [3.8, 4) is 6.07 Å². The maximum absolute atomic E-state index is 12.4. The van der Waals surface area contributed by atoms with Crippen LogP contribution in [-0.2, 0) is 9.84 Å². The zero-order valence-electron chi connectivity index (χ0n) is 11.6. The van der Waals surface area contributed by atoms with Crippen molar-refractivity contribution in [2.75, 3.05) is 4.90 Å². The summed E-state index contributed by atoms with van der Waals surface area (Å²) < 4.78 is 24.8. The summed E-state index contributed by atoms with van der Waals surface area (Å²) in [6, 6.07) is 13.7. The van der Waals surface area contributed by atoms with Crippen LogP contribution in [0.3, 0.4) is 0 Å². The molecule has 1 aliphatic heterocycles. The van der Waals surface area contributed by atoms with Crippen LogP contribution in [0.25, 0.3) is 0 Å². The maximum atomic E-state index is 12.4. The van der Waals surface area contributed by atoms with E-state index in [9.17, 15) is 13.7 Å². The van der Waals surface area contributed by atoms with Gasteiger partial charge in [0.1, 0.15) is 6.07 Å². The highest BCUT2D eigenvalue weighted by atomic mass is 35.5. The zero-order valence-corrected chi connectivity index (χ0v) is 13.2. The van der Waals surface area contributed by atoms with Gasteiger partial charge in [-0.15, -0.1) is 0 Å². The van der Waals surface area contributed by atoms with Crippen LogP contribution in [-0.4, -0.2) is 8.42 Å². The number of benzene rings is 2. The number of allylic oxidation sites excluding steroid dienone is 1. The first-order chi connectivity index (χ1) is 10.4. The molecular formula is C16H11ClN2O2S. The largest absolute Gasteiger partial charge is 0.313 e. The van der Waals surface area contributed by atoms with E-state index in [-0.39, 0.29) is 9.80 Å². The molecule has 2 aromatic carbocycles. The van der Waals surface area contributed by atoms with Gasteiger partial charge in [-0.1, -0.05) is 29.8 Å². The van der Waals surface area contributed by atoms with E-state index in [4.69, 9.17) is 11.6 Å². The third-order valence-corrected chi connectivity index (χ3v) is 5.43. The summed E-state index contributed by atoms with van der Waals surface area (Å²) in [7, 11) is -3.77. The molecule has 0 spiro atoms. The van der Waals surface area contributed by atoms with Gasteiger partial charge in [-0.2, -0.15) is 5.26 Å². The Morgan fingerprint density at radius 2 is 1.86 bits per heavy atom. The number of halogens is 1. The highest BCUT2D eigenvalue weighted by molar-refractivity contribution is 7.95. The minimum absolute atomic E-state index is 0.119. The molecule has 1 aliphatic rings. The van der Waals surface area contributed by atoms with E-state index in [0.29, 0.717) is 10.7 Å². The van der Waals surface area contributed by atoms with Gasteiger partial charge in [0.05, 0.1) is 16.3 Å². The lowest BCUT2D eigenvalue weighted by Gasteiger charge is -2.28. The first-order valence-corrected chi connectivity index (χ1v) is 8.32. The molecule has 0 fully saturated rings. The highest BCUT2D eigenvalue weighted by Crippen LogP contribution is 2.40. The van der Waals surface area contributed by atoms with Crippen molar-refractivity contribution in [3.05, 3.63) is 64.2 Å². The molecule has 0 bridgehead atoms. The Balaban J connectivity index is 2.33. The average Bonchev–Trinajstić information content (AvgIpc) is 2.50. The standard InChI is InChI=1S/C16H11ClN2O2S/c1-11-6-7-12(17)8-15(11)19-10-13(9-18)22(20,21)16-5-3-2-4-14(16)19/h2-8,10H,1H3. The average molecular weight is 331 g/mol. The second-order valence-corrected chi connectivity index (χ2v) is 7.20. The van der Waals surface area contributed by atoms with Crippen LogP contribution in [0.2, 0.25) is 5.02 Å². The van der Waals surface area contributed by atoms with Crippen LogP contribution < -0.4 is 4.90 Å². The van der Waals surface area contributed by atoms with E-state index in [1.807, 2.05) is 13.0 Å². The summed E-state index contributed by atoms with van der Waals surface area (Å²) in [5, 5.41) is 9.73. The molecule has 6 heteroatoms. The summed E-state index contributed by atoms with van der Waals surface area (Å²) in [5.41, 5.74) is 2.17. The van der Waals surface area contributed by atoms with Gasteiger partial charge in [0.15, 0.2) is 4.91 Å². The number of anilines is 2. The topological polar surface area (TPSA) is 61.2 Å². The van der Waals surface area contributed by atoms with E-state index in [0.717, 1.165) is 11.3 Å². The molecule has 2 aromatic rings. The molecule has 0 saturated carbocycles. The molecule has 110 valence electrons. The molecule has 22 heavy (non-hydrogen) atoms. The number of nitrogens with zero attached hydrogens (tertiary/aromatic N) is 2. The fraction of sp³-hybridized carbons (Fsp3) is 0.0625. The number of rotatable bonds is 1. The van der Waals surface area contributed by atoms with Crippen molar-refractivity contribution >= 4 is 32.8 Å². The Morgan fingerprint density at radius 3 is 2.59 bits per heavy atom. The van der Waals surface area contributed by atoms with Crippen molar-refractivity contribution in [2.24, 2.45) is 0 Å². The summed E-state index contributed by atoms with van der Waals surface area (Å²) >= 11 is 6.06. The second kappa shape index (κ2) is 5.16. The van der Waals surface area contributed by atoms with Crippen LogP contribution in [0.1, 0.15) is 5.56 Å². The Morgan fingerprint density at radius 1 is 1.14 bits per heavy atom. The molecule has 0 saturated heterocycles. The van der Waals surface area contributed by atoms with Gasteiger partial charge < -0.3 is 4.90 Å². The Kier molecular flexibility index (Phi) is 3.44. The smallest absolute Gasteiger partial charge is 0.220 e. The van der Waals surface area contributed by atoms with Crippen molar-refractivity contribution < 1.29 is 8.42 Å². The third-order valence-electron chi connectivity index (χ3n) is 3.49. The zero-order chi connectivity index (χ0) is 15.9. The first-order valence-electron chi connectivity index (χ1n) is 6.46. The van der Waals surface area contributed by atoms with Crippen LogP contribution in [0.4, 0.5) is 11.4 Å². The molecule has 4 nitrogen and oxygen atoms in total. The highest BCUT2D eigenvalue weighted by Gasteiger charge is 2.32. The quantitative estimate of drug-likeness (QED) is 0.794. The number of hydrogen-bond acceptors (Lipinski definition) is 4. The normalized spacial score (nSPS) is 15.7. The van der Waals surface area contributed by atoms with E-state index < -0.39 is 9.84 Å². The van der Waals surface area contributed by atoms with Crippen LogP contribution >= 0.6 is 11.6 Å². The van der Waals surface area contributed by atoms with E-state index >= 15 is 0 Å². The summed E-state index contributed by atoms with van der Waals surface area (Å²) in [6.45, 7) is 1.90. The predicted octanol–water partition coefficient (Wildman–Crippen LogP) is 3.94. The van der Waals surface area contributed by atoms with Crippen molar-refractivity contribution in [1.29, 1.82) is 5.26 Å². The number of para-hydroxylation sites is 1. The fourth-order valence-corrected chi connectivity index (χ4v) is 3.86. The molecule has 0 amide bonds. The molecule has 0 aromatic heterocycles. The van der Waals surface area contributed by atoms with Gasteiger partial charge in [0, 0.05) is 11.2 Å². The van der Waals surface area contributed by atoms with E-state index in [1.165, 1.54) is 12.3 Å². The SMILES string of the molecule is Cc1ccc(Cl)cc1N1C=C(C#N)S(=O)(=O)c2ccccc21. The Labute approximate surface area is 133 Å². The van der Waals surface area contributed by atoms with Crippen molar-refractivity contribution in [1.82, 2.24) is 0 Å². The molecule has 1 heterocycles. The molecule has 0 radical (unpaired) electrons. The van der Waals surface area contributed by atoms with E-state index in [2.05, 4.69) is 0 Å². The predicted molar refractivity (Wildman–Crippen MR) is 85.7 cm³/mol. The second-order valence-electron chi connectivity index (χ2n) is 4.88. The molecule has 0 unspecified atom stereocenters. The molecular weight excluding hydrogens is 320 g/mol. The maximum Gasteiger partial charge on any atom is 0.220 e.